The van der Waals surface area contributed by atoms with Crippen molar-refractivity contribution in [3.8, 4) is 23.7 Å². The molecule has 0 aliphatic rings. The van der Waals surface area contributed by atoms with Gasteiger partial charge in [-0.15, -0.1) is 17.8 Å². The van der Waals surface area contributed by atoms with Crippen LogP contribution in [0.1, 0.15) is 27.2 Å². The van der Waals surface area contributed by atoms with E-state index in [0.717, 1.165) is 6.42 Å². The quantitative estimate of drug-likeness (QED) is 0.481. The lowest BCUT2D eigenvalue weighted by Gasteiger charge is -2.11. The number of hydrogen-bond donors (Lipinski definition) is 0. The predicted octanol–water partition coefficient (Wildman–Crippen LogP) is 2.26. The summed E-state index contributed by atoms with van der Waals surface area (Å²) >= 11 is 0. The van der Waals surface area contributed by atoms with Crippen LogP contribution in [0.5, 0.6) is 0 Å². The third-order valence-electron chi connectivity index (χ3n) is 1.13. The highest BCUT2D eigenvalue weighted by Gasteiger charge is 2.10. The number of hydrogen-bond acceptors (Lipinski definition) is 0. The Morgan fingerprint density at radius 2 is 2.00 bits per heavy atom. The van der Waals surface area contributed by atoms with E-state index in [2.05, 4.69) is 44.5 Å². The van der Waals surface area contributed by atoms with E-state index >= 15 is 0 Å². The molecule has 0 bridgehead atoms. The summed E-state index contributed by atoms with van der Waals surface area (Å²) in [6.45, 7) is 9.44. The van der Waals surface area contributed by atoms with Crippen molar-refractivity contribution in [3.63, 3.8) is 0 Å². The van der Waals surface area contributed by atoms with Crippen molar-refractivity contribution in [3.05, 3.63) is 6.92 Å². The molecule has 0 saturated heterocycles. The Kier molecular flexibility index (Phi) is 3.67. The average Bonchev–Trinajstić information content (AvgIpc) is 1.84. The minimum Gasteiger partial charge on any atom is -0.107 e. The molecule has 0 nitrogen and oxygen atoms in total. The van der Waals surface area contributed by atoms with Gasteiger partial charge in [0.2, 0.25) is 0 Å². The van der Waals surface area contributed by atoms with Crippen molar-refractivity contribution in [2.24, 2.45) is 5.41 Å². The molecule has 0 fully saturated rings. The highest BCUT2D eigenvalue weighted by Crippen LogP contribution is 2.17. The summed E-state index contributed by atoms with van der Waals surface area (Å²) < 4.78 is 0. The van der Waals surface area contributed by atoms with Gasteiger partial charge in [0.25, 0.3) is 0 Å². The standard InChI is InChI=1S/C10H13/c1-5-7-9-10(3,4)8-6-2/h2,9H2,1,3-4H3. The summed E-state index contributed by atoms with van der Waals surface area (Å²) in [5.41, 5.74) is 0.00472. The Labute approximate surface area is 64.0 Å². The smallest absolute Gasteiger partial charge is 0.0367 e. The van der Waals surface area contributed by atoms with Gasteiger partial charge >= 0.3 is 0 Å². The Bertz CT molecular complexity index is 200. The largest absolute Gasteiger partial charge is 0.107 e. The van der Waals surface area contributed by atoms with Gasteiger partial charge in [-0.1, -0.05) is 5.92 Å². The molecule has 0 N–H and O–H groups in total. The SMILES string of the molecule is [CH2]C#CC(C)(C)CC#CC. The van der Waals surface area contributed by atoms with E-state index in [9.17, 15) is 0 Å². The van der Waals surface area contributed by atoms with Gasteiger partial charge in [-0.2, -0.15) is 0 Å². The van der Waals surface area contributed by atoms with Crippen molar-refractivity contribution in [2.45, 2.75) is 27.2 Å². The van der Waals surface area contributed by atoms with Gasteiger partial charge in [0.1, 0.15) is 0 Å². The topological polar surface area (TPSA) is 0 Å². The Hall–Kier alpha value is -0.880. The molecule has 0 saturated carbocycles. The van der Waals surface area contributed by atoms with Crippen LogP contribution in [0.4, 0.5) is 0 Å². The van der Waals surface area contributed by atoms with Crippen molar-refractivity contribution >= 4 is 0 Å². The van der Waals surface area contributed by atoms with Gasteiger partial charge < -0.3 is 0 Å². The van der Waals surface area contributed by atoms with Gasteiger partial charge in [-0.05, 0) is 20.8 Å². The molecule has 0 atom stereocenters. The summed E-state index contributed by atoms with van der Waals surface area (Å²) in [5, 5.41) is 0. The molecule has 0 heterocycles. The fraction of sp³-hybridized carbons (Fsp3) is 0.500. The van der Waals surface area contributed by atoms with Crippen LogP contribution in [0.15, 0.2) is 0 Å². The molecular weight excluding hydrogens is 120 g/mol. The van der Waals surface area contributed by atoms with E-state index < -0.39 is 0 Å². The highest BCUT2D eigenvalue weighted by molar-refractivity contribution is 5.14. The van der Waals surface area contributed by atoms with E-state index in [1.54, 1.807) is 0 Å². The minimum absolute atomic E-state index is 0.00472. The summed E-state index contributed by atoms with van der Waals surface area (Å²) in [6.07, 6.45) is 0.825. The van der Waals surface area contributed by atoms with Crippen LogP contribution >= 0.6 is 0 Å². The average molecular weight is 133 g/mol. The van der Waals surface area contributed by atoms with Crippen LogP contribution < -0.4 is 0 Å². The molecule has 0 aromatic heterocycles. The molecule has 0 heteroatoms. The van der Waals surface area contributed by atoms with Gasteiger partial charge in [0, 0.05) is 18.8 Å². The molecule has 0 aromatic rings. The van der Waals surface area contributed by atoms with Crippen LogP contribution in [-0.4, -0.2) is 0 Å². The van der Waals surface area contributed by atoms with E-state index in [-0.39, 0.29) is 5.41 Å². The van der Waals surface area contributed by atoms with Crippen LogP contribution in [0.2, 0.25) is 0 Å². The monoisotopic (exact) mass is 133 g/mol. The van der Waals surface area contributed by atoms with Crippen molar-refractivity contribution in [1.82, 2.24) is 0 Å². The lowest BCUT2D eigenvalue weighted by Crippen LogP contribution is -2.05. The first-order chi connectivity index (χ1) is 4.62. The van der Waals surface area contributed by atoms with E-state index in [1.165, 1.54) is 0 Å². The zero-order chi connectivity index (χ0) is 8.04. The fourth-order valence-corrected chi connectivity index (χ4v) is 0.593. The summed E-state index contributed by atoms with van der Waals surface area (Å²) in [4.78, 5) is 0. The Morgan fingerprint density at radius 1 is 1.40 bits per heavy atom. The fourth-order valence-electron chi connectivity index (χ4n) is 0.593. The first-order valence-electron chi connectivity index (χ1n) is 3.31. The van der Waals surface area contributed by atoms with Crippen molar-refractivity contribution < 1.29 is 0 Å². The second-order valence-corrected chi connectivity index (χ2v) is 2.79. The first-order valence-corrected chi connectivity index (χ1v) is 3.31. The van der Waals surface area contributed by atoms with Crippen molar-refractivity contribution in [2.75, 3.05) is 0 Å². The third kappa shape index (κ3) is 4.04. The van der Waals surface area contributed by atoms with Gasteiger partial charge in [-0.3, -0.25) is 0 Å². The molecule has 10 heavy (non-hydrogen) atoms. The first kappa shape index (κ1) is 9.12. The van der Waals surface area contributed by atoms with E-state index in [4.69, 9.17) is 0 Å². The summed E-state index contributed by atoms with van der Waals surface area (Å²) in [5.74, 6) is 11.5. The van der Waals surface area contributed by atoms with Crippen LogP contribution in [0.25, 0.3) is 0 Å². The Balaban J connectivity index is 4.03. The maximum Gasteiger partial charge on any atom is 0.0367 e. The van der Waals surface area contributed by atoms with Crippen LogP contribution in [0, 0.1) is 36.0 Å². The molecule has 0 unspecified atom stereocenters. The maximum absolute atomic E-state index is 3.47. The summed E-state index contributed by atoms with van der Waals surface area (Å²) in [7, 11) is 0. The minimum atomic E-state index is 0.00472. The third-order valence-corrected chi connectivity index (χ3v) is 1.13. The molecule has 0 spiro atoms. The lowest BCUT2D eigenvalue weighted by atomic mass is 9.91. The van der Waals surface area contributed by atoms with Crippen LogP contribution in [-0.2, 0) is 0 Å². The molecule has 0 amide bonds. The lowest BCUT2D eigenvalue weighted by molar-refractivity contribution is 0.522. The second kappa shape index (κ2) is 4.02. The molecular formula is C10H13. The van der Waals surface area contributed by atoms with E-state index in [1.807, 2.05) is 6.92 Å². The molecule has 53 valence electrons. The number of rotatable bonds is 1. The van der Waals surface area contributed by atoms with Gasteiger partial charge in [0.15, 0.2) is 0 Å². The normalized spacial score (nSPS) is 8.80. The van der Waals surface area contributed by atoms with Gasteiger partial charge in [-0.25, -0.2) is 0 Å². The zero-order valence-corrected chi connectivity index (χ0v) is 6.91. The second-order valence-electron chi connectivity index (χ2n) is 2.79. The zero-order valence-electron chi connectivity index (χ0n) is 6.91. The molecule has 0 aromatic carbocycles. The van der Waals surface area contributed by atoms with Gasteiger partial charge in [0.05, 0.1) is 0 Å². The van der Waals surface area contributed by atoms with Crippen molar-refractivity contribution in [1.29, 1.82) is 0 Å². The molecule has 0 rings (SSSR count). The predicted molar refractivity (Wildman–Crippen MR) is 45.0 cm³/mol. The maximum atomic E-state index is 3.47. The van der Waals surface area contributed by atoms with Crippen LogP contribution in [0.3, 0.4) is 0 Å². The van der Waals surface area contributed by atoms with E-state index in [0.29, 0.717) is 0 Å². The molecule has 0 aliphatic heterocycles. The molecule has 1 radical (unpaired) electrons. The summed E-state index contributed by atoms with van der Waals surface area (Å²) in [6, 6.07) is 0. The highest BCUT2D eigenvalue weighted by atomic mass is 14.1. The Morgan fingerprint density at radius 3 is 2.40 bits per heavy atom. The molecule has 0 aliphatic carbocycles.